The van der Waals surface area contributed by atoms with Crippen LogP contribution in [-0.2, 0) is 4.43 Å². The molecule has 0 radical (unpaired) electrons. The Labute approximate surface area is 155 Å². The quantitative estimate of drug-likeness (QED) is 0.215. The summed E-state index contributed by atoms with van der Waals surface area (Å²) < 4.78 is 7.96. The van der Waals surface area contributed by atoms with Crippen LogP contribution in [0.1, 0.15) is 59.3 Å². The van der Waals surface area contributed by atoms with Gasteiger partial charge in [-0.05, 0) is 63.5 Å². The Morgan fingerprint density at radius 2 is 1.77 bits per heavy atom. The summed E-state index contributed by atoms with van der Waals surface area (Å²) in [5, 5.41) is 2.14. The molecule has 0 amide bonds. The molecule has 0 aliphatic rings. The van der Waals surface area contributed by atoms with E-state index in [2.05, 4.69) is 87.7 Å². The SMILES string of the molecule is CC(C)[Si](OCCC/C=C(/I)c1cccs1)(C(C)C)C(C)C. The third-order valence-electron chi connectivity index (χ3n) is 4.49. The van der Waals surface area contributed by atoms with Crippen molar-refractivity contribution < 1.29 is 4.43 Å². The third-order valence-corrected chi connectivity index (χ3v) is 12.9. The van der Waals surface area contributed by atoms with Crippen LogP contribution < -0.4 is 0 Å². The van der Waals surface area contributed by atoms with Crippen LogP contribution in [0, 0.1) is 0 Å². The van der Waals surface area contributed by atoms with Gasteiger partial charge in [0.05, 0.1) is 0 Å². The van der Waals surface area contributed by atoms with Gasteiger partial charge in [0.25, 0.3) is 0 Å². The molecule has 1 heterocycles. The second-order valence-corrected chi connectivity index (χ2v) is 14.4. The molecule has 0 aromatic carbocycles. The zero-order chi connectivity index (χ0) is 16.8. The van der Waals surface area contributed by atoms with Crippen molar-refractivity contribution in [3.8, 4) is 0 Å². The predicted octanol–water partition coefficient (Wildman–Crippen LogP) is 7.50. The lowest BCUT2D eigenvalue weighted by atomic mass is 10.3. The second kappa shape index (κ2) is 9.60. The van der Waals surface area contributed by atoms with Crippen molar-refractivity contribution in [1.29, 1.82) is 0 Å². The Bertz CT molecular complexity index is 430. The molecule has 1 rings (SSSR count). The second-order valence-electron chi connectivity index (χ2n) is 6.84. The average molecular weight is 451 g/mol. The minimum Gasteiger partial charge on any atom is -0.416 e. The lowest BCUT2D eigenvalue weighted by molar-refractivity contribution is 0.273. The van der Waals surface area contributed by atoms with Crippen molar-refractivity contribution >= 4 is 45.8 Å². The highest BCUT2D eigenvalue weighted by Crippen LogP contribution is 2.42. The van der Waals surface area contributed by atoms with Crippen molar-refractivity contribution in [1.82, 2.24) is 0 Å². The Morgan fingerprint density at radius 1 is 1.18 bits per heavy atom. The number of rotatable bonds is 9. The summed E-state index contributed by atoms with van der Waals surface area (Å²) >= 11 is 4.25. The molecule has 0 saturated heterocycles. The lowest BCUT2D eigenvalue weighted by Gasteiger charge is -2.42. The fraction of sp³-hybridized carbons (Fsp3) is 0.667. The molecular weight excluding hydrogens is 419 g/mol. The summed E-state index contributed by atoms with van der Waals surface area (Å²) in [5.41, 5.74) is 2.03. The van der Waals surface area contributed by atoms with Crippen molar-refractivity contribution in [3.63, 3.8) is 0 Å². The maximum atomic E-state index is 6.60. The zero-order valence-corrected chi connectivity index (χ0v) is 18.8. The first-order valence-electron chi connectivity index (χ1n) is 8.35. The standard InChI is InChI=1S/C18H31IOSSi/c1-14(2)22(15(3)4,16(5)6)20-12-8-7-10-17(19)18-11-9-13-21-18/h9-11,13-16H,7-8,12H2,1-6H3/b17-10+. The number of allylic oxidation sites excluding steroid dienone is 1. The van der Waals surface area contributed by atoms with Crippen LogP contribution >= 0.6 is 33.9 Å². The van der Waals surface area contributed by atoms with Crippen LogP contribution in [0.2, 0.25) is 16.6 Å². The molecule has 22 heavy (non-hydrogen) atoms. The fourth-order valence-electron chi connectivity index (χ4n) is 3.58. The molecule has 4 heteroatoms. The number of hydrogen-bond acceptors (Lipinski definition) is 2. The van der Waals surface area contributed by atoms with E-state index in [1.807, 2.05) is 11.3 Å². The van der Waals surface area contributed by atoms with Crippen LogP contribution in [-0.4, -0.2) is 14.9 Å². The van der Waals surface area contributed by atoms with Gasteiger partial charge in [-0.1, -0.05) is 53.7 Å². The summed E-state index contributed by atoms with van der Waals surface area (Å²) in [6, 6.07) is 4.30. The van der Waals surface area contributed by atoms with Gasteiger partial charge in [0.1, 0.15) is 0 Å². The number of thiophene rings is 1. The first kappa shape index (κ1) is 20.4. The van der Waals surface area contributed by atoms with Crippen molar-refractivity contribution in [2.24, 2.45) is 0 Å². The van der Waals surface area contributed by atoms with E-state index in [1.54, 1.807) is 0 Å². The van der Waals surface area contributed by atoms with Gasteiger partial charge in [-0.25, -0.2) is 0 Å². The van der Waals surface area contributed by atoms with Crippen molar-refractivity contribution in [2.75, 3.05) is 6.61 Å². The summed E-state index contributed by atoms with van der Waals surface area (Å²) in [6.07, 6.45) is 4.58. The maximum absolute atomic E-state index is 6.60. The van der Waals surface area contributed by atoms with Crippen LogP contribution in [0.25, 0.3) is 3.58 Å². The van der Waals surface area contributed by atoms with Crippen LogP contribution in [0.3, 0.4) is 0 Å². The molecule has 1 aromatic heterocycles. The highest BCUT2D eigenvalue weighted by molar-refractivity contribution is 14.1. The van der Waals surface area contributed by atoms with Crippen LogP contribution in [0.4, 0.5) is 0 Å². The molecule has 126 valence electrons. The zero-order valence-electron chi connectivity index (χ0n) is 14.9. The first-order chi connectivity index (χ1) is 10.3. The van der Waals surface area contributed by atoms with Gasteiger partial charge in [-0.3, -0.25) is 0 Å². The highest BCUT2D eigenvalue weighted by atomic mass is 127. The average Bonchev–Trinajstić information content (AvgIpc) is 2.95. The minimum atomic E-state index is -1.68. The molecule has 0 aliphatic heterocycles. The van der Waals surface area contributed by atoms with E-state index in [-0.39, 0.29) is 0 Å². The molecule has 0 unspecified atom stereocenters. The predicted molar refractivity (Wildman–Crippen MR) is 113 cm³/mol. The minimum absolute atomic E-state index is 0.675. The number of halogens is 1. The molecule has 0 N–H and O–H groups in total. The summed E-state index contributed by atoms with van der Waals surface area (Å²) in [6.45, 7) is 15.0. The Balaban J connectivity index is 2.52. The normalized spacial score (nSPS) is 13.6. The van der Waals surface area contributed by atoms with E-state index in [4.69, 9.17) is 4.43 Å². The van der Waals surface area contributed by atoms with E-state index in [0.29, 0.717) is 16.6 Å². The van der Waals surface area contributed by atoms with Gasteiger partial charge in [0.15, 0.2) is 8.32 Å². The Morgan fingerprint density at radius 3 is 2.23 bits per heavy atom. The number of hydrogen-bond donors (Lipinski definition) is 0. The molecule has 1 aromatic rings. The summed E-state index contributed by atoms with van der Waals surface area (Å²) in [5.74, 6) is 0. The largest absolute Gasteiger partial charge is 0.416 e. The molecule has 0 saturated carbocycles. The molecular formula is C18H31IOSSi. The highest BCUT2D eigenvalue weighted by Gasteiger charge is 2.44. The van der Waals surface area contributed by atoms with Gasteiger partial charge >= 0.3 is 0 Å². The number of unbranched alkanes of at least 4 members (excludes halogenated alkanes) is 1. The van der Waals surface area contributed by atoms with E-state index >= 15 is 0 Å². The lowest BCUT2D eigenvalue weighted by Crippen LogP contribution is -2.47. The first-order valence-corrected chi connectivity index (χ1v) is 12.5. The molecule has 0 bridgehead atoms. The van der Waals surface area contributed by atoms with Gasteiger partial charge in [-0.2, -0.15) is 0 Å². The van der Waals surface area contributed by atoms with E-state index in [0.717, 1.165) is 19.4 Å². The molecule has 0 fully saturated rings. The van der Waals surface area contributed by atoms with E-state index < -0.39 is 8.32 Å². The summed E-state index contributed by atoms with van der Waals surface area (Å²) in [4.78, 5) is 1.37. The van der Waals surface area contributed by atoms with Gasteiger partial charge < -0.3 is 4.43 Å². The third kappa shape index (κ3) is 5.18. The molecule has 0 spiro atoms. The van der Waals surface area contributed by atoms with E-state index in [9.17, 15) is 0 Å². The van der Waals surface area contributed by atoms with Gasteiger partial charge in [0.2, 0.25) is 0 Å². The molecule has 0 aliphatic carbocycles. The van der Waals surface area contributed by atoms with Crippen LogP contribution in [0.15, 0.2) is 23.6 Å². The fourth-order valence-corrected chi connectivity index (χ4v) is 10.6. The van der Waals surface area contributed by atoms with E-state index in [1.165, 1.54) is 8.46 Å². The van der Waals surface area contributed by atoms with Crippen molar-refractivity contribution in [3.05, 3.63) is 28.5 Å². The Kier molecular flexibility index (Phi) is 8.89. The smallest absolute Gasteiger partial charge is 0.200 e. The van der Waals surface area contributed by atoms with Crippen molar-refractivity contribution in [2.45, 2.75) is 71.0 Å². The monoisotopic (exact) mass is 450 g/mol. The topological polar surface area (TPSA) is 9.23 Å². The van der Waals surface area contributed by atoms with Gasteiger partial charge in [-0.15, -0.1) is 11.3 Å². The van der Waals surface area contributed by atoms with Gasteiger partial charge in [0, 0.05) is 15.1 Å². The summed E-state index contributed by atoms with van der Waals surface area (Å²) in [7, 11) is -1.68. The maximum Gasteiger partial charge on any atom is 0.200 e. The Hall–Kier alpha value is 0.347. The molecule has 1 nitrogen and oxygen atoms in total. The van der Waals surface area contributed by atoms with Crippen LogP contribution in [0.5, 0.6) is 0 Å². The molecule has 0 atom stereocenters.